The predicted molar refractivity (Wildman–Crippen MR) is 108 cm³/mol. The van der Waals surface area contributed by atoms with E-state index in [9.17, 15) is 14.3 Å². The summed E-state index contributed by atoms with van der Waals surface area (Å²) < 4.78 is 14.4. The van der Waals surface area contributed by atoms with Crippen molar-refractivity contribution in [3.63, 3.8) is 0 Å². The number of carbonyl (C=O) groups excluding carboxylic acids is 1. The van der Waals surface area contributed by atoms with Crippen LogP contribution in [0.5, 0.6) is 0 Å². The molecule has 1 amide bonds. The largest absolute Gasteiger partial charge is 0.396 e. The van der Waals surface area contributed by atoms with Crippen molar-refractivity contribution in [2.75, 3.05) is 6.61 Å². The summed E-state index contributed by atoms with van der Waals surface area (Å²) in [4.78, 5) is 15.1. The fraction of sp³-hybridized carbons (Fsp3) is 0.409. The zero-order valence-corrected chi connectivity index (χ0v) is 17.2. The van der Waals surface area contributed by atoms with Gasteiger partial charge in [0.1, 0.15) is 5.82 Å². The van der Waals surface area contributed by atoms with Crippen LogP contribution < -0.4 is 0 Å². The van der Waals surface area contributed by atoms with E-state index in [1.165, 1.54) is 12.1 Å². The van der Waals surface area contributed by atoms with Crippen molar-refractivity contribution in [2.45, 2.75) is 50.6 Å². The first-order valence-electron chi connectivity index (χ1n) is 9.30. The van der Waals surface area contributed by atoms with Crippen LogP contribution in [0, 0.1) is 5.82 Å². The van der Waals surface area contributed by atoms with Crippen molar-refractivity contribution in [3.8, 4) is 0 Å². The first kappa shape index (κ1) is 20.0. The smallest absolute Gasteiger partial charge is 0.224 e. The molecule has 3 rings (SSSR count). The number of piperidine rings is 1. The summed E-state index contributed by atoms with van der Waals surface area (Å²) in [6, 6.07) is 14.4. The van der Waals surface area contributed by atoms with E-state index in [1.54, 1.807) is 12.1 Å². The molecule has 0 spiro atoms. The molecule has 0 radical (unpaired) electrons. The molecule has 0 aromatic heterocycles. The van der Waals surface area contributed by atoms with Gasteiger partial charge in [-0.25, -0.2) is 4.39 Å². The van der Waals surface area contributed by atoms with Crippen LogP contribution in [0.3, 0.4) is 0 Å². The maximum Gasteiger partial charge on any atom is 0.224 e. The van der Waals surface area contributed by atoms with E-state index < -0.39 is 5.41 Å². The lowest BCUT2D eigenvalue weighted by atomic mass is 9.68. The summed E-state index contributed by atoms with van der Waals surface area (Å²) in [5.74, 6) is -0.222. The monoisotopic (exact) mass is 433 g/mol. The second kappa shape index (κ2) is 8.11. The summed E-state index contributed by atoms with van der Waals surface area (Å²) in [6.07, 6.45) is 1.56. The van der Waals surface area contributed by atoms with Gasteiger partial charge in [0, 0.05) is 29.0 Å². The molecule has 2 unspecified atom stereocenters. The second-order valence-electron chi connectivity index (χ2n) is 7.52. The molecule has 0 aliphatic carbocycles. The zero-order valence-electron chi connectivity index (χ0n) is 15.7. The Morgan fingerprint density at radius 3 is 2.41 bits per heavy atom. The lowest BCUT2D eigenvalue weighted by Gasteiger charge is -2.47. The number of likely N-dealkylation sites (tertiary alicyclic amines) is 1. The molecule has 144 valence electrons. The van der Waals surface area contributed by atoms with E-state index in [4.69, 9.17) is 0 Å². The van der Waals surface area contributed by atoms with Crippen molar-refractivity contribution >= 4 is 21.8 Å². The van der Waals surface area contributed by atoms with Crippen LogP contribution >= 0.6 is 15.9 Å². The molecule has 2 aromatic carbocycles. The minimum atomic E-state index is -0.450. The molecule has 0 saturated carbocycles. The van der Waals surface area contributed by atoms with Crippen LogP contribution in [0.1, 0.15) is 50.3 Å². The number of carbonyl (C=O) groups is 1. The first-order valence-corrected chi connectivity index (χ1v) is 10.1. The molecular formula is C22H25BrFNO2. The van der Waals surface area contributed by atoms with Crippen LogP contribution in [-0.2, 0) is 10.2 Å². The topological polar surface area (TPSA) is 40.5 Å². The zero-order chi connectivity index (χ0) is 19.6. The quantitative estimate of drug-likeness (QED) is 0.721. The maximum atomic E-state index is 13.4. The van der Waals surface area contributed by atoms with E-state index in [-0.39, 0.29) is 30.4 Å². The van der Waals surface area contributed by atoms with Gasteiger partial charge >= 0.3 is 0 Å². The molecule has 2 aromatic rings. The number of aliphatic hydroxyl groups excluding tert-OH is 1. The third-order valence-electron chi connectivity index (χ3n) is 5.76. The Kier molecular flexibility index (Phi) is 6.02. The number of benzene rings is 2. The molecule has 27 heavy (non-hydrogen) atoms. The minimum absolute atomic E-state index is 0.000355. The van der Waals surface area contributed by atoms with Gasteiger partial charge in [-0.1, -0.05) is 40.2 Å². The standard InChI is InChI=1S/C22H25BrFNO2/c1-15-13-22(11-12-26,18-5-9-20(24)10-6-18)14-21(27)25(15)16(2)17-3-7-19(23)8-4-17/h3-10,15-16,26H,11-14H2,1-2H3/t15?,16-,22?/m0/s1. The summed E-state index contributed by atoms with van der Waals surface area (Å²) in [6.45, 7) is 4.11. The number of hydrogen-bond acceptors (Lipinski definition) is 2. The lowest BCUT2D eigenvalue weighted by molar-refractivity contribution is -0.142. The molecule has 5 heteroatoms. The van der Waals surface area contributed by atoms with E-state index in [0.29, 0.717) is 12.8 Å². The Balaban J connectivity index is 1.89. The summed E-state index contributed by atoms with van der Waals surface area (Å²) in [7, 11) is 0. The Hall–Kier alpha value is -1.72. The average molecular weight is 434 g/mol. The fourth-order valence-electron chi connectivity index (χ4n) is 4.43. The highest BCUT2D eigenvalue weighted by atomic mass is 79.9. The Labute approximate surface area is 168 Å². The maximum absolute atomic E-state index is 13.4. The highest BCUT2D eigenvalue weighted by Gasteiger charge is 2.44. The molecule has 3 atom stereocenters. The van der Waals surface area contributed by atoms with E-state index in [2.05, 4.69) is 29.8 Å². The molecule has 0 bridgehead atoms. The van der Waals surface area contributed by atoms with Crippen LogP contribution in [0.25, 0.3) is 0 Å². The predicted octanol–water partition coefficient (Wildman–Crippen LogP) is 4.98. The lowest BCUT2D eigenvalue weighted by Crippen LogP contribution is -2.52. The SMILES string of the molecule is CC1CC(CCO)(c2ccc(F)cc2)CC(=O)N1[C@@H](C)c1ccc(Br)cc1. The number of halogens is 2. The van der Waals surface area contributed by atoms with Gasteiger partial charge in [0.15, 0.2) is 0 Å². The normalized spacial score (nSPS) is 24.1. The van der Waals surface area contributed by atoms with Crippen molar-refractivity contribution in [1.82, 2.24) is 4.90 Å². The van der Waals surface area contributed by atoms with Crippen LogP contribution in [0.4, 0.5) is 4.39 Å². The van der Waals surface area contributed by atoms with Gasteiger partial charge in [-0.2, -0.15) is 0 Å². The Morgan fingerprint density at radius 1 is 1.22 bits per heavy atom. The first-order chi connectivity index (χ1) is 12.9. The van der Waals surface area contributed by atoms with Crippen LogP contribution in [0.15, 0.2) is 53.0 Å². The van der Waals surface area contributed by atoms with E-state index >= 15 is 0 Å². The summed E-state index contributed by atoms with van der Waals surface area (Å²) in [5.41, 5.74) is 1.57. The number of rotatable bonds is 5. The Bertz CT molecular complexity index is 793. The van der Waals surface area contributed by atoms with Gasteiger partial charge in [-0.15, -0.1) is 0 Å². The average Bonchev–Trinajstić information content (AvgIpc) is 2.62. The number of hydrogen-bond donors (Lipinski definition) is 1. The Morgan fingerprint density at radius 2 is 1.85 bits per heavy atom. The highest BCUT2D eigenvalue weighted by Crippen LogP contribution is 2.43. The van der Waals surface area contributed by atoms with Gasteiger partial charge in [0.2, 0.25) is 5.91 Å². The molecule has 3 nitrogen and oxygen atoms in total. The van der Waals surface area contributed by atoms with Crippen molar-refractivity contribution in [3.05, 3.63) is 69.9 Å². The van der Waals surface area contributed by atoms with Gasteiger partial charge < -0.3 is 10.0 Å². The second-order valence-corrected chi connectivity index (χ2v) is 8.43. The van der Waals surface area contributed by atoms with Crippen molar-refractivity contribution in [1.29, 1.82) is 0 Å². The third-order valence-corrected chi connectivity index (χ3v) is 6.28. The number of nitrogens with zero attached hydrogens (tertiary/aromatic N) is 1. The van der Waals surface area contributed by atoms with E-state index in [1.807, 2.05) is 29.2 Å². The van der Waals surface area contributed by atoms with Crippen LogP contribution in [0.2, 0.25) is 0 Å². The van der Waals surface area contributed by atoms with Crippen molar-refractivity contribution in [2.24, 2.45) is 0 Å². The number of amides is 1. The minimum Gasteiger partial charge on any atom is -0.396 e. The molecular weight excluding hydrogens is 409 g/mol. The number of aliphatic hydroxyl groups is 1. The van der Waals surface area contributed by atoms with Crippen LogP contribution in [-0.4, -0.2) is 28.6 Å². The molecule has 1 N–H and O–H groups in total. The molecule has 1 heterocycles. The van der Waals surface area contributed by atoms with Gasteiger partial charge in [0.25, 0.3) is 0 Å². The summed E-state index contributed by atoms with van der Waals surface area (Å²) in [5, 5.41) is 9.65. The van der Waals surface area contributed by atoms with Gasteiger partial charge in [-0.3, -0.25) is 4.79 Å². The van der Waals surface area contributed by atoms with Gasteiger partial charge in [-0.05, 0) is 62.1 Å². The molecule has 1 aliphatic heterocycles. The van der Waals surface area contributed by atoms with Gasteiger partial charge in [0.05, 0.1) is 6.04 Å². The molecule has 1 saturated heterocycles. The van der Waals surface area contributed by atoms with E-state index in [0.717, 1.165) is 22.0 Å². The summed E-state index contributed by atoms with van der Waals surface area (Å²) >= 11 is 3.45. The molecule has 1 aliphatic rings. The van der Waals surface area contributed by atoms with Crippen molar-refractivity contribution < 1.29 is 14.3 Å². The third kappa shape index (κ3) is 4.09. The highest BCUT2D eigenvalue weighted by molar-refractivity contribution is 9.10. The fourth-order valence-corrected chi connectivity index (χ4v) is 4.70. The molecule has 1 fully saturated rings.